The van der Waals surface area contributed by atoms with E-state index < -0.39 is 27.5 Å². The second-order valence-electron chi connectivity index (χ2n) is 6.30. The SMILES string of the molecule is O=C([C@@H]1CCS(=O)(=O)C1)N1CC[C@H](Oc2ccc(C(F)(F)F)cn2)C1. The number of carbonyl (C=O) groups excluding carboxylic acids is 1. The minimum atomic E-state index is -4.45. The molecule has 10 heteroatoms. The molecular weight excluding hydrogens is 361 g/mol. The van der Waals surface area contributed by atoms with Crippen molar-refractivity contribution in [2.24, 2.45) is 5.92 Å². The molecule has 0 aromatic carbocycles. The Labute approximate surface area is 142 Å². The molecule has 0 radical (unpaired) electrons. The summed E-state index contributed by atoms with van der Waals surface area (Å²) in [4.78, 5) is 17.6. The van der Waals surface area contributed by atoms with Crippen LogP contribution in [0, 0.1) is 5.92 Å². The van der Waals surface area contributed by atoms with E-state index in [9.17, 15) is 26.4 Å². The van der Waals surface area contributed by atoms with Crippen LogP contribution in [0.4, 0.5) is 13.2 Å². The van der Waals surface area contributed by atoms with Gasteiger partial charge >= 0.3 is 6.18 Å². The normalized spacial score (nSPS) is 26.0. The van der Waals surface area contributed by atoms with Crippen molar-refractivity contribution in [2.75, 3.05) is 24.6 Å². The molecule has 2 fully saturated rings. The summed E-state index contributed by atoms with van der Waals surface area (Å²) in [5.74, 6) is -0.725. The molecule has 138 valence electrons. The number of aromatic nitrogens is 1. The number of alkyl halides is 3. The number of carbonyl (C=O) groups is 1. The van der Waals surface area contributed by atoms with Crippen LogP contribution < -0.4 is 4.74 Å². The van der Waals surface area contributed by atoms with Crippen molar-refractivity contribution in [3.63, 3.8) is 0 Å². The Bertz CT molecular complexity index is 749. The third-order valence-electron chi connectivity index (χ3n) is 4.39. The molecule has 2 saturated heterocycles. The fourth-order valence-corrected chi connectivity index (χ4v) is 4.79. The van der Waals surface area contributed by atoms with E-state index in [4.69, 9.17) is 4.74 Å². The molecule has 3 rings (SSSR count). The first kappa shape index (κ1) is 18.0. The van der Waals surface area contributed by atoms with Crippen LogP contribution in [-0.2, 0) is 20.8 Å². The molecule has 0 bridgehead atoms. The number of pyridine rings is 1. The molecular formula is C15H17F3N2O4S. The highest BCUT2D eigenvalue weighted by molar-refractivity contribution is 7.91. The van der Waals surface area contributed by atoms with Gasteiger partial charge < -0.3 is 9.64 Å². The van der Waals surface area contributed by atoms with Gasteiger partial charge in [0.15, 0.2) is 9.84 Å². The van der Waals surface area contributed by atoms with Crippen LogP contribution in [0.3, 0.4) is 0 Å². The molecule has 2 atom stereocenters. The Morgan fingerprint density at radius 3 is 2.60 bits per heavy atom. The quantitative estimate of drug-likeness (QED) is 0.797. The number of rotatable bonds is 3. The summed E-state index contributed by atoms with van der Waals surface area (Å²) < 4.78 is 66.0. The Morgan fingerprint density at radius 2 is 2.04 bits per heavy atom. The van der Waals surface area contributed by atoms with Crippen LogP contribution in [0.1, 0.15) is 18.4 Å². The average molecular weight is 378 g/mol. The van der Waals surface area contributed by atoms with Crippen LogP contribution >= 0.6 is 0 Å². The van der Waals surface area contributed by atoms with Gasteiger partial charge in [0.1, 0.15) is 6.10 Å². The summed E-state index contributed by atoms with van der Waals surface area (Å²) in [5, 5.41) is 0. The van der Waals surface area contributed by atoms with Gasteiger partial charge in [0.25, 0.3) is 0 Å². The fourth-order valence-electron chi connectivity index (χ4n) is 3.06. The molecule has 3 heterocycles. The predicted molar refractivity (Wildman–Crippen MR) is 81.6 cm³/mol. The zero-order valence-electron chi connectivity index (χ0n) is 13.2. The van der Waals surface area contributed by atoms with Gasteiger partial charge in [0, 0.05) is 25.2 Å². The van der Waals surface area contributed by atoms with Gasteiger partial charge in [-0.05, 0) is 12.5 Å². The summed E-state index contributed by atoms with van der Waals surface area (Å²) in [6.07, 6.45) is -3.26. The molecule has 0 aliphatic carbocycles. The van der Waals surface area contributed by atoms with Crippen molar-refractivity contribution in [2.45, 2.75) is 25.1 Å². The van der Waals surface area contributed by atoms with E-state index in [0.717, 1.165) is 12.1 Å². The monoisotopic (exact) mass is 378 g/mol. The van der Waals surface area contributed by atoms with Crippen molar-refractivity contribution in [3.05, 3.63) is 23.9 Å². The number of halogens is 3. The second kappa shape index (κ2) is 6.47. The van der Waals surface area contributed by atoms with E-state index >= 15 is 0 Å². The Balaban J connectivity index is 1.55. The largest absolute Gasteiger partial charge is 0.472 e. The maximum atomic E-state index is 12.5. The first-order valence-electron chi connectivity index (χ1n) is 7.83. The zero-order chi connectivity index (χ0) is 18.2. The van der Waals surface area contributed by atoms with Crippen molar-refractivity contribution < 1.29 is 31.1 Å². The second-order valence-corrected chi connectivity index (χ2v) is 8.52. The molecule has 0 N–H and O–H groups in total. The smallest absolute Gasteiger partial charge is 0.417 e. The lowest BCUT2D eigenvalue weighted by Crippen LogP contribution is -2.36. The molecule has 1 aromatic heterocycles. The lowest BCUT2D eigenvalue weighted by Gasteiger charge is -2.20. The molecule has 25 heavy (non-hydrogen) atoms. The van der Waals surface area contributed by atoms with Crippen LogP contribution in [0.25, 0.3) is 0 Å². The van der Waals surface area contributed by atoms with Gasteiger partial charge in [0.05, 0.1) is 29.5 Å². The number of nitrogens with zero attached hydrogens (tertiary/aromatic N) is 2. The van der Waals surface area contributed by atoms with E-state index in [0.29, 0.717) is 25.6 Å². The summed E-state index contributed by atoms with van der Waals surface area (Å²) in [5.41, 5.74) is -0.856. The molecule has 6 nitrogen and oxygen atoms in total. The highest BCUT2D eigenvalue weighted by Gasteiger charge is 2.38. The standard InChI is InChI=1S/C15H17F3N2O4S/c16-15(17,18)11-1-2-13(19-7-11)24-12-3-5-20(8-12)14(21)10-4-6-25(22,23)9-10/h1-2,7,10,12H,3-6,8-9H2/t10-,12+/m1/s1. The van der Waals surface area contributed by atoms with E-state index in [1.165, 1.54) is 0 Å². The summed E-state index contributed by atoms with van der Waals surface area (Å²) in [6, 6.07) is 2.04. The number of sulfone groups is 1. The number of hydrogen-bond donors (Lipinski definition) is 0. The third kappa shape index (κ3) is 4.23. The molecule has 0 spiro atoms. The van der Waals surface area contributed by atoms with Gasteiger partial charge in [-0.25, -0.2) is 13.4 Å². The lowest BCUT2D eigenvalue weighted by atomic mass is 10.1. The summed E-state index contributed by atoms with van der Waals surface area (Å²) in [7, 11) is -3.13. The fraction of sp³-hybridized carbons (Fsp3) is 0.600. The first-order valence-corrected chi connectivity index (χ1v) is 9.65. The minimum absolute atomic E-state index is 0.0344. The van der Waals surface area contributed by atoms with Crippen LogP contribution in [-0.4, -0.2) is 54.9 Å². The number of ether oxygens (including phenoxy) is 1. The van der Waals surface area contributed by atoms with Gasteiger partial charge in [0.2, 0.25) is 11.8 Å². The first-order chi connectivity index (χ1) is 11.6. The van der Waals surface area contributed by atoms with Crippen LogP contribution in [0.5, 0.6) is 5.88 Å². The van der Waals surface area contributed by atoms with Crippen molar-refractivity contribution >= 4 is 15.7 Å². The average Bonchev–Trinajstić information content (AvgIpc) is 3.13. The molecule has 2 aliphatic heterocycles. The number of likely N-dealkylation sites (tertiary alicyclic amines) is 1. The summed E-state index contributed by atoms with van der Waals surface area (Å²) >= 11 is 0. The topological polar surface area (TPSA) is 76.6 Å². The highest BCUT2D eigenvalue weighted by Crippen LogP contribution is 2.30. The van der Waals surface area contributed by atoms with E-state index in [-0.39, 0.29) is 35.9 Å². The van der Waals surface area contributed by atoms with Gasteiger partial charge in [-0.15, -0.1) is 0 Å². The summed E-state index contributed by atoms with van der Waals surface area (Å²) in [6.45, 7) is 0.707. The molecule has 1 aromatic rings. The van der Waals surface area contributed by atoms with E-state index in [1.54, 1.807) is 4.90 Å². The highest BCUT2D eigenvalue weighted by atomic mass is 32.2. The minimum Gasteiger partial charge on any atom is -0.472 e. The van der Waals surface area contributed by atoms with Crippen molar-refractivity contribution in [1.29, 1.82) is 0 Å². The van der Waals surface area contributed by atoms with Crippen molar-refractivity contribution in [1.82, 2.24) is 9.88 Å². The van der Waals surface area contributed by atoms with Crippen molar-refractivity contribution in [3.8, 4) is 5.88 Å². The Hall–Kier alpha value is -1.84. The van der Waals surface area contributed by atoms with Gasteiger partial charge in [-0.3, -0.25) is 4.79 Å². The van der Waals surface area contributed by atoms with Gasteiger partial charge in [-0.1, -0.05) is 0 Å². The molecule has 1 amide bonds. The lowest BCUT2D eigenvalue weighted by molar-refractivity contribution is -0.138. The number of amides is 1. The Morgan fingerprint density at radius 1 is 1.28 bits per heavy atom. The zero-order valence-corrected chi connectivity index (χ0v) is 14.0. The Kier molecular flexibility index (Phi) is 4.65. The van der Waals surface area contributed by atoms with E-state index in [2.05, 4.69) is 4.98 Å². The number of hydrogen-bond acceptors (Lipinski definition) is 5. The molecule has 2 aliphatic rings. The van der Waals surface area contributed by atoms with Gasteiger partial charge in [-0.2, -0.15) is 13.2 Å². The maximum absolute atomic E-state index is 12.5. The van der Waals surface area contributed by atoms with Crippen LogP contribution in [0.2, 0.25) is 0 Å². The molecule has 0 saturated carbocycles. The van der Waals surface area contributed by atoms with Crippen LogP contribution in [0.15, 0.2) is 18.3 Å². The molecule has 0 unspecified atom stereocenters. The predicted octanol–water partition coefficient (Wildman–Crippen LogP) is 1.51. The third-order valence-corrected chi connectivity index (χ3v) is 6.16. The van der Waals surface area contributed by atoms with E-state index in [1.807, 2.05) is 0 Å². The maximum Gasteiger partial charge on any atom is 0.417 e.